The smallest absolute Gasteiger partial charge is 0.123 e. The molecule has 0 radical (unpaired) electrons. The molecule has 0 saturated heterocycles. The maximum Gasteiger partial charge on any atom is 0.123 e. The first-order chi connectivity index (χ1) is 11.7. The van der Waals surface area contributed by atoms with Crippen molar-refractivity contribution in [3.63, 3.8) is 0 Å². The minimum Gasteiger partial charge on any atom is -0.207 e. The molecule has 1 aromatic heterocycles. The summed E-state index contributed by atoms with van der Waals surface area (Å²) in [6, 6.07) is 12.1. The largest absolute Gasteiger partial charge is 0.207 e. The maximum atomic E-state index is 12.9. The van der Waals surface area contributed by atoms with Crippen molar-refractivity contribution in [1.82, 2.24) is 14.4 Å². The van der Waals surface area contributed by atoms with Crippen LogP contribution in [0.2, 0.25) is 0 Å². The lowest BCUT2D eigenvalue weighted by molar-refractivity contribution is 0.626. The first-order valence-electron chi connectivity index (χ1n) is 7.83. The standard InChI is InChI=1S/C14H9F2N3S.2C2H6/c15-11-3-1-10(2-4-11)14-9-17-19(18-14)20-13-7-5-12(16)6-8-13;2*1-2/h1-9H;2*1-2H3. The average molecular weight is 349 g/mol. The Morgan fingerprint density at radius 3 is 1.83 bits per heavy atom. The van der Waals surface area contributed by atoms with Gasteiger partial charge in [0.2, 0.25) is 0 Å². The Balaban J connectivity index is 0.000000671. The molecular formula is C18H21F2N3S. The molecule has 3 rings (SSSR count). The van der Waals surface area contributed by atoms with Crippen molar-refractivity contribution in [2.45, 2.75) is 32.6 Å². The van der Waals surface area contributed by atoms with Crippen LogP contribution in [0.4, 0.5) is 8.78 Å². The van der Waals surface area contributed by atoms with Crippen LogP contribution in [0.5, 0.6) is 0 Å². The number of nitrogens with zero attached hydrogens (tertiary/aromatic N) is 3. The summed E-state index contributed by atoms with van der Waals surface area (Å²) in [7, 11) is 0. The summed E-state index contributed by atoms with van der Waals surface area (Å²) >= 11 is 1.27. The molecule has 0 atom stereocenters. The van der Waals surface area contributed by atoms with Crippen molar-refractivity contribution in [1.29, 1.82) is 0 Å². The maximum absolute atomic E-state index is 12.9. The van der Waals surface area contributed by atoms with Gasteiger partial charge in [-0.1, -0.05) is 27.7 Å². The second-order valence-electron chi connectivity index (χ2n) is 4.03. The summed E-state index contributed by atoms with van der Waals surface area (Å²) in [6.45, 7) is 8.00. The minimum atomic E-state index is -0.290. The van der Waals surface area contributed by atoms with Gasteiger partial charge in [-0.15, -0.1) is 14.4 Å². The van der Waals surface area contributed by atoms with Gasteiger partial charge in [0.1, 0.15) is 17.3 Å². The molecule has 0 aliphatic rings. The van der Waals surface area contributed by atoms with Gasteiger partial charge in [0.05, 0.1) is 6.20 Å². The Labute approximate surface area is 145 Å². The number of hydrogen-bond acceptors (Lipinski definition) is 3. The van der Waals surface area contributed by atoms with E-state index in [9.17, 15) is 8.78 Å². The van der Waals surface area contributed by atoms with Crippen LogP contribution in [0.25, 0.3) is 11.3 Å². The van der Waals surface area contributed by atoms with Crippen LogP contribution in [0.1, 0.15) is 27.7 Å². The van der Waals surface area contributed by atoms with Crippen molar-refractivity contribution < 1.29 is 8.78 Å². The summed E-state index contributed by atoms with van der Waals surface area (Å²) in [5.41, 5.74) is 1.44. The van der Waals surface area contributed by atoms with E-state index in [0.29, 0.717) is 5.69 Å². The van der Waals surface area contributed by atoms with Gasteiger partial charge in [-0.05, 0) is 48.5 Å². The molecule has 0 saturated carbocycles. The number of halogens is 2. The molecule has 0 aliphatic carbocycles. The highest BCUT2D eigenvalue weighted by Crippen LogP contribution is 2.21. The lowest BCUT2D eigenvalue weighted by Crippen LogP contribution is -1.91. The molecule has 0 fully saturated rings. The molecule has 2 aromatic carbocycles. The van der Waals surface area contributed by atoms with E-state index in [4.69, 9.17) is 0 Å². The summed E-state index contributed by atoms with van der Waals surface area (Å²) < 4.78 is 27.1. The number of rotatable bonds is 3. The average Bonchev–Trinajstić information content (AvgIpc) is 3.10. The van der Waals surface area contributed by atoms with Crippen molar-refractivity contribution >= 4 is 11.9 Å². The minimum absolute atomic E-state index is 0.283. The van der Waals surface area contributed by atoms with Gasteiger partial charge in [0.25, 0.3) is 0 Å². The van der Waals surface area contributed by atoms with Crippen LogP contribution in [-0.4, -0.2) is 14.4 Å². The zero-order valence-electron chi connectivity index (χ0n) is 14.2. The van der Waals surface area contributed by atoms with Crippen LogP contribution in [0, 0.1) is 11.6 Å². The summed E-state index contributed by atoms with van der Waals surface area (Å²) in [6.07, 6.45) is 1.60. The number of hydrogen-bond donors (Lipinski definition) is 0. The predicted molar refractivity (Wildman–Crippen MR) is 95.8 cm³/mol. The fraction of sp³-hybridized carbons (Fsp3) is 0.222. The molecule has 128 valence electrons. The highest BCUT2D eigenvalue weighted by molar-refractivity contribution is 7.97. The zero-order chi connectivity index (χ0) is 17.9. The van der Waals surface area contributed by atoms with Crippen LogP contribution >= 0.6 is 11.9 Å². The van der Waals surface area contributed by atoms with Gasteiger partial charge in [-0.25, -0.2) is 8.78 Å². The third-order valence-electron chi connectivity index (χ3n) is 2.61. The lowest BCUT2D eigenvalue weighted by atomic mass is 10.2. The van der Waals surface area contributed by atoms with E-state index in [2.05, 4.69) is 10.2 Å². The van der Waals surface area contributed by atoms with Gasteiger partial charge >= 0.3 is 0 Å². The molecule has 3 aromatic rings. The van der Waals surface area contributed by atoms with Gasteiger partial charge in [0, 0.05) is 22.4 Å². The first-order valence-corrected chi connectivity index (χ1v) is 8.60. The Bertz CT molecular complexity index is 710. The predicted octanol–water partition coefficient (Wildman–Crippen LogP) is 5.83. The fourth-order valence-electron chi connectivity index (χ4n) is 1.63. The van der Waals surface area contributed by atoms with Crippen LogP contribution in [-0.2, 0) is 0 Å². The molecule has 0 N–H and O–H groups in total. The van der Waals surface area contributed by atoms with E-state index < -0.39 is 0 Å². The molecule has 24 heavy (non-hydrogen) atoms. The molecule has 3 nitrogen and oxygen atoms in total. The zero-order valence-corrected chi connectivity index (χ0v) is 15.0. The molecule has 0 spiro atoms. The van der Waals surface area contributed by atoms with Gasteiger partial charge < -0.3 is 0 Å². The normalized spacial score (nSPS) is 9.42. The molecule has 0 unspecified atom stereocenters. The highest BCUT2D eigenvalue weighted by atomic mass is 32.2. The molecule has 0 aliphatic heterocycles. The SMILES string of the molecule is CC.CC.Fc1ccc(Sn2ncc(-c3ccc(F)cc3)n2)cc1. The monoisotopic (exact) mass is 349 g/mol. The Morgan fingerprint density at radius 1 is 0.792 bits per heavy atom. The summed E-state index contributed by atoms with van der Waals surface area (Å²) in [4.78, 5) is 0.827. The number of aromatic nitrogens is 3. The second-order valence-corrected chi connectivity index (χ2v) is 5.02. The second kappa shape index (κ2) is 10.5. The van der Waals surface area contributed by atoms with E-state index >= 15 is 0 Å². The van der Waals surface area contributed by atoms with Crippen LogP contribution in [0.3, 0.4) is 0 Å². The topological polar surface area (TPSA) is 30.7 Å². The summed E-state index contributed by atoms with van der Waals surface area (Å²) in [5.74, 6) is -0.573. The van der Waals surface area contributed by atoms with E-state index in [1.54, 1.807) is 30.5 Å². The van der Waals surface area contributed by atoms with E-state index in [1.807, 2.05) is 27.7 Å². The van der Waals surface area contributed by atoms with Crippen molar-refractivity contribution in [3.05, 3.63) is 66.4 Å². The molecular weight excluding hydrogens is 328 g/mol. The quantitative estimate of drug-likeness (QED) is 0.596. The van der Waals surface area contributed by atoms with E-state index in [-0.39, 0.29) is 11.6 Å². The van der Waals surface area contributed by atoms with Gasteiger partial charge in [0.15, 0.2) is 0 Å². The van der Waals surface area contributed by atoms with Gasteiger partial charge in [-0.2, -0.15) is 0 Å². The van der Waals surface area contributed by atoms with Gasteiger partial charge in [-0.3, -0.25) is 0 Å². The Morgan fingerprint density at radius 2 is 1.29 bits per heavy atom. The summed E-state index contributed by atoms with van der Waals surface area (Å²) in [5, 5.41) is 8.39. The van der Waals surface area contributed by atoms with E-state index in [1.165, 1.54) is 40.4 Å². The molecule has 1 heterocycles. The molecule has 0 bridgehead atoms. The third kappa shape index (κ3) is 5.77. The first kappa shape index (κ1) is 19.8. The highest BCUT2D eigenvalue weighted by Gasteiger charge is 2.05. The third-order valence-corrected chi connectivity index (χ3v) is 3.43. The van der Waals surface area contributed by atoms with Crippen LogP contribution in [0.15, 0.2) is 59.6 Å². The lowest BCUT2D eigenvalue weighted by Gasteiger charge is -1.98. The van der Waals surface area contributed by atoms with Crippen molar-refractivity contribution in [2.75, 3.05) is 0 Å². The van der Waals surface area contributed by atoms with Crippen LogP contribution < -0.4 is 0 Å². The molecule has 6 heteroatoms. The Kier molecular flexibility index (Phi) is 8.71. The van der Waals surface area contributed by atoms with E-state index in [0.717, 1.165) is 10.5 Å². The Hall–Kier alpha value is -2.21. The fourth-order valence-corrected chi connectivity index (χ4v) is 2.30. The molecule has 0 amide bonds. The van der Waals surface area contributed by atoms with Crippen molar-refractivity contribution in [3.8, 4) is 11.3 Å². The number of benzene rings is 2. The van der Waals surface area contributed by atoms with Crippen molar-refractivity contribution in [2.24, 2.45) is 0 Å².